The highest BCUT2D eigenvalue weighted by atomic mass is 32.2. The van der Waals surface area contributed by atoms with E-state index in [1.165, 1.54) is 0 Å². The Balaban J connectivity index is 2.18. The minimum atomic E-state index is -3.72. The van der Waals surface area contributed by atoms with Gasteiger partial charge in [0.1, 0.15) is 11.6 Å². The number of benzene rings is 2. The van der Waals surface area contributed by atoms with Crippen molar-refractivity contribution in [1.82, 2.24) is 0 Å². The Kier molecular flexibility index (Phi) is 4.93. The number of aliphatic hydroxyl groups is 1. The first-order valence-electron chi connectivity index (χ1n) is 6.66. The van der Waals surface area contributed by atoms with Crippen molar-refractivity contribution >= 4 is 9.84 Å². The summed E-state index contributed by atoms with van der Waals surface area (Å²) in [6, 6.07) is 10.0. The van der Waals surface area contributed by atoms with Crippen molar-refractivity contribution in [3.8, 4) is 0 Å². The quantitative estimate of drug-likeness (QED) is 0.919. The molecule has 0 aliphatic heterocycles. The summed E-state index contributed by atoms with van der Waals surface area (Å²) in [7, 11) is -3.72. The lowest BCUT2D eigenvalue weighted by molar-refractivity contribution is 0.191. The van der Waals surface area contributed by atoms with Gasteiger partial charge in [-0.1, -0.05) is 35.9 Å². The van der Waals surface area contributed by atoms with Crippen molar-refractivity contribution in [2.75, 3.05) is 5.75 Å². The largest absolute Gasteiger partial charge is 0.387 e. The number of aliphatic hydroxyl groups excluding tert-OH is 1. The maximum Gasteiger partial charge on any atom is 0.157 e. The van der Waals surface area contributed by atoms with Crippen LogP contribution in [0.4, 0.5) is 8.78 Å². The van der Waals surface area contributed by atoms with E-state index in [0.29, 0.717) is 5.56 Å². The molecule has 0 aliphatic carbocycles. The molecular formula is C16H16F2O3S. The molecule has 22 heavy (non-hydrogen) atoms. The van der Waals surface area contributed by atoms with Crippen LogP contribution in [0.3, 0.4) is 0 Å². The zero-order valence-electron chi connectivity index (χ0n) is 12.0. The summed E-state index contributed by atoms with van der Waals surface area (Å²) in [5.41, 5.74) is 0.866. The van der Waals surface area contributed by atoms with Gasteiger partial charge in [-0.15, -0.1) is 0 Å². The Labute approximate surface area is 128 Å². The van der Waals surface area contributed by atoms with E-state index in [1.54, 1.807) is 18.2 Å². The van der Waals surface area contributed by atoms with E-state index in [4.69, 9.17) is 0 Å². The lowest BCUT2D eigenvalue weighted by Gasteiger charge is -2.13. The summed E-state index contributed by atoms with van der Waals surface area (Å²) in [6.45, 7) is 1.83. The van der Waals surface area contributed by atoms with Crippen molar-refractivity contribution in [1.29, 1.82) is 0 Å². The molecule has 2 aromatic carbocycles. The van der Waals surface area contributed by atoms with E-state index in [9.17, 15) is 22.3 Å². The van der Waals surface area contributed by atoms with Crippen LogP contribution in [-0.4, -0.2) is 19.3 Å². The van der Waals surface area contributed by atoms with Crippen LogP contribution in [0.2, 0.25) is 0 Å². The molecule has 0 bridgehead atoms. The number of hydrogen-bond donors (Lipinski definition) is 1. The number of sulfone groups is 1. The van der Waals surface area contributed by atoms with Gasteiger partial charge in [-0.25, -0.2) is 17.2 Å². The van der Waals surface area contributed by atoms with Crippen molar-refractivity contribution in [2.45, 2.75) is 18.8 Å². The van der Waals surface area contributed by atoms with Gasteiger partial charge in [-0.2, -0.15) is 0 Å². The van der Waals surface area contributed by atoms with Gasteiger partial charge in [-0.3, -0.25) is 0 Å². The molecule has 0 radical (unpaired) electrons. The van der Waals surface area contributed by atoms with Gasteiger partial charge in [0.25, 0.3) is 0 Å². The average molecular weight is 326 g/mol. The van der Waals surface area contributed by atoms with Gasteiger partial charge in [0.2, 0.25) is 0 Å². The van der Waals surface area contributed by atoms with Crippen LogP contribution in [0.1, 0.15) is 22.8 Å². The Morgan fingerprint density at radius 3 is 2.27 bits per heavy atom. The smallest absolute Gasteiger partial charge is 0.157 e. The Hall–Kier alpha value is -1.79. The van der Waals surface area contributed by atoms with Crippen LogP contribution in [0.25, 0.3) is 0 Å². The summed E-state index contributed by atoms with van der Waals surface area (Å²) in [6.07, 6.45) is -1.74. The van der Waals surface area contributed by atoms with E-state index in [2.05, 4.69) is 0 Å². The fourth-order valence-corrected chi connectivity index (χ4v) is 3.72. The molecule has 0 saturated carbocycles. The first-order chi connectivity index (χ1) is 10.3. The molecule has 0 aliphatic rings. The second-order valence-electron chi connectivity index (χ2n) is 5.19. The van der Waals surface area contributed by atoms with E-state index in [1.807, 2.05) is 13.0 Å². The Bertz CT molecular complexity index is 752. The Morgan fingerprint density at radius 2 is 1.68 bits per heavy atom. The molecule has 0 saturated heterocycles. The SMILES string of the molecule is Cc1cccc(CS(=O)(=O)CC(O)c2c(F)cccc2F)c1. The summed E-state index contributed by atoms with van der Waals surface area (Å²) in [4.78, 5) is 0. The molecule has 6 heteroatoms. The molecule has 1 atom stereocenters. The second-order valence-corrected chi connectivity index (χ2v) is 7.30. The van der Waals surface area contributed by atoms with Gasteiger partial charge in [0.15, 0.2) is 9.84 Å². The van der Waals surface area contributed by atoms with Crippen molar-refractivity contribution in [3.05, 3.63) is 70.8 Å². The zero-order valence-corrected chi connectivity index (χ0v) is 12.8. The van der Waals surface area contributed by atoms with Crippen molar-refractivity contribution in [2.24, 2.45) is 0 Å². The number of hydrogen-bond acceptors (Lipinski definition) is 3. The maximum absolute atomic E-state index is 13.6. The van der Waals surface area contributed by atoms with Gasteiger partial charge in [0.05, 0.1) is 23.2 Å². The molecule has 2 aromatic rings. The fraction of sp³-hybridized carbons (Fsp3) is 0.250. The third kappa shape index (κ3) is 4.11. The third-order valence-electron chi connectivity index (χ3n) is 3.21. The first kappa shape index (κ1) is 16.6. The maximum atomic E-state index is 13.6. The van der Waals surface area contributed by atoms with E-state index < -0.39 is 38.9 Å². The normalized spacial score (nSPS) is 13.1. The first-order valence-corrected chi connectivity index (χ1v) is 8.48. The van der Waals surface area contributed by atoms with Crippen LogP contribution < -0.4 is 0 Å². The van der Waals surface area contributed by atoms with Crippen molar-refractivity contribution in [3.63, 3.8) is 0 Å². The summed E-state index contributed by atoms with van der Waals surface area (Å²) < 4.78 is 51.3. The van der Waals surface area contributed by atoms with Crippen LogP contribution in [0, 0.1) is 18.6 Å². The highest BCUT2D eigenvalue weighted by Gasteiger charge is 2.24. The lowest BCUT2D eigenvalue weighted by Crippen LogP contribution is -2.18. The number of rotatable bonds is 5. The van der Waals surface area contributed by atoms with Crippen LogP contribution in [0.15, 0.2) is 42.5 Å². The van der Waals surface area contributed by atoms with Crippen LogP contribution in [0.5, 0.6) is 0 Å². The lowest BCUT2D eigenvalue weighted by atomic mass is 10.1. The minimum Gasteiger partial charge on any atom is -0.387 e. The summed E-state index contributed by atoms with van der Waals surface area (Å²) in [5, 5.41) is 9.89. The molecule has 3 nitrogen and oxygen atoms in total. The van der Waals surface area contributed by atoms with Crippen molar-refractivity contribution < 1.29 is 22.3 Å². The molecule has 0 heterocycles. The molecule has 2 rings (SSSR count). The predicted octanol–water partition coefficient (Wildman–Crippen LogP) is 2.92. The van der Waals surface area contributed by atoms with E-state index in [-0.39, 0.29) is 5.75 Å². The van der Waals surface area contributed by atoms with E-state index in [0.717, 1.165) is 23.8 Å². The molecule has 0 spiro atoms. The van der Waals surface area contributed by atoms with Crippen LogP contribution >= 0.6 is 0 Å². The second kappa shape index (κ2) is 6.54. The fourth-order valence-electron chi connectivity index (χ4n) is 2.27. The van der Waals surface area contributed by atoms with E-state index >= 15 is 0 Å². The molecule has 1 unspecified atom stereocenters. The predicted molar refractivity (Wildman–Crippen MR) is 80.0 cm³/mol. The number of halogens is 2. The topological polar surface area (TPSA) is 54.4 Å². The van der Waals surface area contributed by atoms with Crippen LogP contribution in [-0.2, 0) is 15.6 Å². The summed E-state index contributed by atoms with van der Waals surface area (Å²) >= 11 is 0. The molecule has 0 aromatic heterocycles. The summed E-state index contributed by atoms with van der Waals surface area (Å²) in [5.74, 6) is -2.95. The number of aryl methyl sites for hydroxylation is 1. The van der Waals surface area contributed by atoms with Gasteiger partial charge >= 0.3 is 0 Å². The molecule has 0 amide bonds. The average Bonchev–Trinajstić information content (AvgIpc) is 2.36. The third-order valence-corrected chi connectivity index (χ3v) is 4.81. The standard InChI is InChI=1S/C16H16F2O3S/c1-11-4-2-5-12(8-11)9-22(20,21)10-15(19)16-13(17)6-3-7-14(16)18/h2-8,15,19H,9-10H2,1H3. The monoisotopic (exact) mass is 326 g/mol. The van der Waals surface area contributed by atoms with Gasteiger partial charge < -0.3 is 5.11 Å². The van der Waals surface area contributed by atoms with Gasteiger partial charge in [0, 0.05) is 0 Å². The zero-order chi connectivity index (χ0) is 16.3. The molecular weight excluding hydrogens is 310 g/mol. The molecule has 0 fully saturated rings. The van der Waals surface area contributed by atoms with Gasteiger partial charge in [-0.05, 0) is 24.6 Å². The highest BCUT2D eigenvalue weighted by Crippen LogP contribution is 2.23. The Morgan fingerprint density at radius 1 is 1.09 bits per heavy atom. The molecule has 1 N–H and O–H groups in total. The molecule has 118 valence electrons. The highest BCUT2D eigenvalue weighted by molar-refractivity contribution is 7.90. The minimum absolute atomic E-state index is 0.290.